The van der Waals surface area contributed by atoms with Crippen LogP contribution in [0.15, 0.2) is 24.3 Å². The van der Waals surface area contributed by atoms with E-state index in [1.54, 1.807) is 0 Å². The molecule has 0 aromatic rings. The van der Waals surface area contributed by atoms with Gasteiger partial charge in [0.1, 0.15) is 0 Å². The van der Waals surface area contributed by atoms with Crippen LogP contribution in [0, 0.1) is 0 Å². The molecule has 0 saturated carbocycles. The molecular weight excluding hydrogens is 504 g/mol. The fourth-order valence-corrected chi connectivity index (χ4v) is 5.30. The first-order valence-corrected chi connectivity index (χ1v) is 18.2. The largest absolute Gasteiger partial charge is 0.393 e. The van der Waals surface area contributed by atoms with Crippen LogP contribution in [0.1, 0.15) is 206 Å². The smallest absolute Gasteiger partial charge is 0.313 e. The maximum absolute atomic E-state index is 11.9. The van der Waals surface area contributed by atoms with Gasteiger partial charge >= 0.3 is 11.9 Å². The molecule has 3 heteroatoms. The molecule has 0 heterocycles. The molecule has 0 amide bonds. The van der Waals surface area contributed by atoms with Crippen LogP contribution in [0.4, 0.5) is 0 Å². The van der Waals surface area contributed by atoms with E-state index in [1.807, 2.05) is 0 Å². The zero-order valence-electron chi connectivity index (χ0n) is 27.7. The number of carbonyl (C=O) groups excluding carboxylic acids is 2. The first-order chi connectivity index (χ1) is 20.2. The summed E-state index contributed by atoms with van der Waals surface area (Å²) in [7, 11) is 0. The number of ether oxygens (including phenoxy) is 1. The molecule has 0 aromatic heterocycles. The Balaban J connectivity index is 3.34. The van der Waals surface area contributed by atoms with E-state index in [2.05, 4.69) is 38.2 Å². The summed E-state index contributed by atoms with van der Waals surface area (Å²) in [6, 6.07) is 0. The van der Waals surface area contributed by atoms with E-state index >= 15 is 0 Å². The molecule has 0 aliphatic rings. The van der Waals surface area contributed by atoms with Crippen molar-refractivity contribution in [1.82, 2.24) is 0 Å². The van der Waals surface area contributed by atoms with Crippen molar-refractivity contribution in [3.05, 3.63) is 24.3 Å². The predicted octanol–water partition coefficient (Wildman–Crippen LogP) is 12.9. The van der Waals surface area contributed by atoms with Gasteiger partial charge in [0.05, 0.1) is 0 Å². The van der Waals surface area contributed by atoms with Crippen LogP contribution in [-0.4, -0.2) is 11.9 Å². The second-order valence-corrected chi connectivity index (χ2v) is 12.2. The van der Waals surface area contributed by atoms with E-state index in [0.717, 1.165) is 44.9 Å². The molecule has 41 heavy (non-hydrogen) atoms. The van der Waals surface area contributed by atoms with Gasteiger partial charge in [0.2, 0.25) is 0 Å². The molecule has 0 radical (unpaired) electrons. The highest BCUT2D eigenvalue weighted by Gasteiger charge is 2.09. The number of hydrogen-bond donors (Lipinski definition) is 0. The van der Waals surface area contributed by atoms with Crippen molar-refractivity contribution in [3.8, 4) is 0 Å². The third-order valence-electron chi connectivity index (χ3n) is 8.04. The molecule has 0 bridgehead atoms. The second-order valence-electron chi connectivity index (χ2n) is 12.2. The van der Waals surface area contributed by atoms with E-state index in [4.69, 9.17) is 4.74 Å². The SMILES string of the molecule is CCCCC/C=C\C/C=C\CCCCCCCC(=O)OC(=O)CCCCCCCCCCCCCCCCCCC. The third kappa shape index (κ3) is 34.7. The summed E-state index contributed by atoms with van der Waals surface area (Å²) in [6.07, 6.45) is 45.1. The minimum Gasteiger partial charge on any atom is -0.393 e. The number of carbonyl (C=O) groups is 2. The Kier molecular flexibility index (Phi) is 33.6. The highest BCUT2D eigenvalue weighted by molar-refractivity contribution is 5.85. The van der Waals surface area contributed by atoms with E-state index < -0.39 is 0 Å². The molecule has 0 spiro atoms. The summed E-state index contributed by atoms with van der Waals surface area (Å²) < 4.78 is 5.01. The minimum atomic E-state index is -0.340. The van der Waals surface area contributed by atoms with Gasteiger partial charge in [-0.15, -0.1) is 0 Å². The lowest BCUT2D eigenvalue weighted by Gasteiger charge is -2.05. The zero-order chi connectivity index (χ0) is 29.9. The van der Waals surface area contributed by atoms with Crippen molar-refractivity contribution in [2.75, 3.05) is 0 Å². The predicted molar refractivity (Wildman–Crippen MR) is 179 cm³/mol. The van der Waals surface area contributed by atoms with E-state index in [9.17, 15) is 9.59 Å². The maximum Gasteiger partial charge on any atom is 0.313 e. The highest BCUT2D eigenvalue weighted by atomic mass is 16.6. The van der Waals surface area contributed by atoms with Gasteiger partial charge in [-0.2, -0.15) is 0 Å². The molecule has 0 aliphatic heterocycles. The molecular formula is C38H70O3. The van der Waals surface area contributed by atoms with Crippen LogP contribution >= 0.6 is 0 Å². The highest BCUT2D eigenvalue weighted by Crippen LogP contribution is 2.15. The van der Waals surface area contributed by atoms with Crippen molar-refractivity contribution in [1.29, 1.82) is 0 Å². The van der Waals surface area contributed by atoms with E-state index in [1.165, 1.54) is 135 Å². The van der Waals surface area contributed by atoms with Crippen LogP contribution in [0.2, 0.25) is 0 Å². The number of allylic oxidation sites excluding steroid dienone is 4. The quantitative estimate of drug-likeness (QED) is 0.0347. The molecule has 0 saturated heterocycles. The van der Waals surface area contributed by atoms with Gasteiger partial charge in [0.25, 0.3) is 0 Å². The molecule has 3 nitrogen and oxygen atoms in total. The van der Waals surface area contributed by atoms with E-state index in [-0.39, 0.29) is 11.9 Å². The Labute approximate surface area is 256 Å². The van der Waals surface area contributed by atoms with Crippen molar-refractivity contribution in [3.63, 3.8) is 0 Å². The first-order valence-electron chi connectivity index (χ1n) is 18.2. The molecule has 0 aliphatic carbocycles. The van der Waals surface area contributed by atoms with Crippen molar-refractivity contribution < 1.29 is 14.3 Å². The number of esters is 2. The second kappa shape index (κ2) is 34.8. The minimum absolute atomic E-state index is 0.335. The normalized spacial score (nSPS) is 11.7. The van der Waals surface area contributed by atoms with Gasteiger partial charge in [-0.3, -0.25) is 9.59 Å². The summed E-state index contributed by atoms with van der Waals surface area (Å²) in [5, 5.41) is 0. The van der Waals surface area contributed by atoms with Crippen LogP contribution in [-0.2, 0) is 14.3 Å². The Morgan fingerprint density at radius 2 is 0.683 bits per heavy atom. The fraction of sp³-hybridized carbons (Fsp3) is 0.842. The van der Waals surface area contributed by atoms with Crippen LogP contribution in [0.25, 0.3) is 0 Å². The molecule has 0 unspecified atom stereocenters. The average molecular weight is 575 g/mol. The molecule has 240 valence electrons. The molecule has 0 atom stereocenters. The van der Waals surface area contributed by atoms with Crippen LogP contribution in [0.5, 0.6) is 0 Å². The molecule has 0 rings (SSSR count). The van der Waals surface area contributed by atoms with Gasteiger partial charge in [-0.1, -0.05) is 173 Å². The van der Waals surface area contributed by atoms with Crippen LogP contribution < -0.4 is 0 Å². The van der Waals surface area contributed by atoms with Gasteiger partial charge in [-0.05, 0) is 44.9 Å². The summed E-state index contributed by atoms with van der Waals surface area (Å²) in [4.78, 5) is 23.8. The Morgan fingerprint density at radius 3 is 1.07 bits per heavy atom. The lowest BCUT2D eigenvalue weighted by Crippen LogP contribution is -2.11. The lowest BCUT2D eigenvalue weighted by molar-refractivity contribution is -0.159. The number of rotatable bonds is 32. The average Bonchev–Trinajstić information content (AvgIpc) is 2.96. The third-order valence-corrected chi connectivity index (χ3v) is 8.04. The van der Waals surface area contributed by atoms with Gasteiger partial charge in [-0.25, -0.2) is 0 Å². The van der Waals surface area contributed by atoms with Crippen LogP contribution in [0.3, 0.4) is 0 Å². The Morgan fingerprint density at radius 1 is 0.390 bits per heavy atom. The number of unbranched alkanes of at least 4 members (excludes halogenated alkanes) is 24. The summed E-state index contributed by atoms with van der Waals surface area (Å²) >= 11 is 0. The Hall–Kier alpha value is -1.38. The monoisotopic (exact) mass is 575 g/mol. The van der Waals surface area contributed by atoms with Crippen molar-refractivity contribution in [2.24, 2.45) is 0 Å². The lowest BCUT2D eigenvalue weighted by atomic mass is 10.0. The van der Waals surface area contributed by atoms with Crippen molar-refractivity contribution >= 4 is 11.9 Å². The van der Waals surface area contributed by atoms with Gasteiger partial charge in [0.15, 0.2) is 0 Å². The summed E-state index contributed by atoms with van der Waals surface area (Å²) in [5.41, 5.74) is 0. The molecule has 0 aromatic carbocycles. The number of hydrogen-bond acceptors (Lipinski definition) is 3. The molecule has 0 fully saturated rings. The fourth-order valence-electron chi connectivity index (χ4n) is 5.30. The van der Waals surface area contributed by atoms with Crippen molar-refractivity contribution in [2.45, 2.75) is 206 Å². The van der Waals surface area contributed by atoms with Gasteiger partial charge < -0.3 is 4.74 Å². The van der Waals surface area contributed by atoms with Gasteiger partial charge in [0, 0.05) is 12.8 Å². The summed E-state index contributed by atoms with van der Waals surface area (Å²) in [6.45, 7) is 4.52. The maximum atomic E-state index is 11.9. The zero-order valence-corrected chi connectivity index (χ0v) is 27.7. The molecule has 0 N–H and O–H groups in total. The topological polar surface area (TPSA) is 43.4 Å². The Bertz CT molecular complexity index is 607. The van der Waals surface area contributed by atoms with E-state index in [0.29, 0.717) is 12.8 Å². The standard InChI is InChI=1S/C38H70O3/c1-3-5-7-9-11-13-15-17-19-20-22-24-26-28-30-32-34-36-38(40)41-37(39)35-33-31-29-27-25-23-21-18-16-14-12-10-8-6-4-2/h12,14,18,21H,3-11,13,15-17,19-20,22-36H2,1-2H3/b14-12-,21-18-. The first kappa shape index (κ1) is 39.6. The summed E-state index contributed by atoms with van der Waals surface area (Å²) in [5.74, 6) is -0.675.